The standard InChI is InChI=1S/C32H50N2O5S/c1-29(2,3)22-30(4,5)34-19-15-17-32-23(24-28(38)39-21-14-10-7-11-16-31(24,6)40-32)26(36)33(25(32)27(34)37)18-12-8-9-13-20-35/h11,15-17,23-25,35H,7-10,12-14,18-22H2,1-6H3/b16-11-/t23-,24-,25?,31+,32-/m0/s1. The van der Waals surface area contributed by atoms with Crippen molar-refractivity contribution in [1.29, 1.82) is 0 Å². The number of fused-ring (bicyclic) bond motifs is 2. The van der Waals surface area contributed by atoms with Gasteiger partial charge >= 0.3 is 5.97 Å². The zero-order chi connectivity index (χ0) is 29.3. The fraction of sp³-hybridized carbons (Fsp3) is 0.781. The molecule has 4 aliphatic heterocycles. The van der Waals surface area contributed by atoms with Crippen LogP contribution < -0.4 is 0 Å². The number of carbonyl (C=O) groups is 3. The van der Waals surface area contributed by atoms with Crippen LogP contribution in [0, 0.1) is 17.3 Å². The highest BCUT2D eigenvalue weighted by Gasteiger charge is 2.74. The first-order chi connectivity index (χ1) is 18.8. The summed E-state index contributed by atoms with van der Waals surface area (Å²) in [6, 6.07) is -0.679. The summed E-state index contributed by atoms with van der Waals surface area (Å²) in [6.07, 6.45) is 15.1. The van der Waals surface area contributed by atoms with E-state index >= 15 is 0 Å². The Morgan fingerprint density at radius 3 is 2.40 bits per heavy atom. The van der Waals surface area contributed by atoms with Gasteiger partial charge < -0.3 is 19.6 Å². The summed E-state index contributed by atoms with van der Waals surface area (Å²) in [7, 11) is 0. The third-order valence-electron chi connectivity index (χ3n) is 9.00. The quantitative estimate of drug-likeness (QED) is 0.246. The van der Waals surface area contributed by atoms with E-state index in [0.29, 0.717) is 19.7 Å². The van der Waals surface area contributed by atoms with E-state index in [1.165, 1.54) is 0 Å². The van der Waals surface area contributed by atoms with E-state index < -0.39 is 32.9 Å². The molecule has 4 heterocycles. The number of allylic oxidation sites excluding steroid dienone is 1. The molecule has 0 aromatic carbocycles. The summed E-state index contributed by atoms with van der Waals surface area (Å²) >= 11 is 1.62. The number of carbonyl (C=O) groups excluding carboxylic acids is 3. The number of ether oxygens (including phenoxy) is 1. The fourth-order valence-corrected chi connectivity index (χ4v) is 9.88. The van der Waals surface area contributed by atoms with Gasteiger partial charge in [0, 0.05) is 30.0 Å². The third kappa shape index (κ3) is 5.90. The highest BCUT2D eigenvalue weighted by Crippen LogP contribution is 2.65. The van der Waals surface area contributed by atoms with Crippen LogP contribution >= 0.6 is 11.8 Å². The molecule has 1 N–H and O–H groups in total. The van der Waals surface area contributed by atoms with Gasteiger partial charge in [-0.05, 0) is 64.7 Å². The molecule has 224 valence electrons. The SMILES string of the molecule is CC(C)(C)CC(C)(C)N1CC=C[C@]23S[C@]4(C)/C=C\CCCCOC(=O)[C@@H]4[C@H]2C(=O)N(CCCCCCO)C3C1=O. The zero-order valence-corrected chi connectivity index (χ0v) is 26.2. The molecule has 8 heteroatoms. The van der Waals surface area contributed by atoms with Gasteiger partial charge in [0.1, 0.15) is 6.04 Å². The Kier molecular flexibility index (Phi) is 9.21. The Hall–Kier alpha value is -1.80. The van der Waals surface area contributed by atoms with Crippen molar-refractivity contribution in [3.8, 4) is 0 Å². The van der Waals surface area contributed by atoms with Gasteiger partial charge in [-0.3, -0.25) is 14.4 Å². The van der Waals surface area contributed by atoms with E-state index in [2.05, 4.69) is 58.9 Å². The van der Waals surface area contributed by atoms with Crippen LogP contribution in [0.5, 0.6) is 0 Å². The molecule has 4 rings (SSSR count). The number of unbranched alkanes of at least 4 members (excludes halogenated alkanes) is 3. The number of thioether (sulfide) groups is 1. The normalized spacial score (nSPS) is 33.8. The maximum absolute atomic E-state index is 14.7. The smallest absolute Gasteiger partial charge is 0.311 e. The largest absolute Gasteiger partial charge is 0.465 e. The van der Waals surface area contributed by atoms with Crippen molar-refractivity contribution in [2.24, 2.45) is 17.3 Å². The van der Waals surface area contributed by atoms with Gasteiger partial charge in [-0.1, -0.05) is 57.9 Å². The maximum atomic E-state index is 14.7. The van der Waals surface area contributed by atoms with Crippen LogP contribution in [-0.4, -0.2) is 80.1 Å². The number of rotatable bonds is 8. The molecule has 0 aliphatic carbocycles. The lowest BCUT2D eigenvalue weighted by atomic mass is 9.74. The van der Waals surface area contributed by atoms with Crippen molar-refractivity contribution in [3.63, 3.8) is 0 Å². The average molecular weight is 575 g/mol. The molecule has 0 saturated carbocycles. The number of nitrogens with zero attached hydrogens (tertiary/aromatic N) is 2. The molecule has 1 spiro atoms. The molecular formula is C32H50N2O5S. The van der Waals surface area contributed by atoms with E-state index in [9.17, 15) is 19.5 Å². The first kappa shape index (κ1) is 31.1. The van der Waals surface area contributed by atoms with Gasteiger partial charge in [0.25, 0.3) is 0 Å². The van der Waals surface area contributed by atoms with Gasteiger partial charge in [-0.25, -0.2) is 0 Å². The van der Waals surface area contributed by atoms with Crippen LogP contribution in [0.4, 0.5) is 0 Å². The summed E-state index contributed by atoms with van der Waals surface area (Å²) < 4.78 is 4.28. The number of hydrogen-bond acceptors (Lipinski definition) is 6. The molecule has 2 amide bonds. The number of aliphatic hydroxyl groups excluding tert-OH is 1. The van der Waals surface area contributed by atoms with Gasteiger partial charge in [-0.15, -0.1) is 11.8 Å². The number of esters is 1. The van der Waals surface area contributed by atoms with Crippen LogP contribution in [-0.2, 0) is 19.1 Å². The van der Waals surface area contributed by atoms with E-state index in [0.717, 1.165) is 51.4 Å². The highest BCUT2D eigenvalue weighted by molar-refractivity contribution is 8.02. The average Bonchev–Trinajstić information content (AvgIpc) is 3.16. The number of likely N-dealkylation sites (tertiary alicyclic amines) is 1. The van der Waals surface area contributed by atoms with Crippen LogP contribution in [0.3, 0.4) is 0 Å². The Labute approximate surface area is 245 Å². The predicted octanol–water partition coefficient (Wildman–Crippen LogP) is 5.12. The Balaban J connectivity index is 1.78. The predicted molar refractivity (Wildman–Crippen MR) is 160 cm³/mol. The zero-order valence-electron chi connectivity index (χ0n) is 25.4. The lowest BCUT2D eigenvalue weighted by molar-refractivity contribution is -0.154. The second-order valence-corrected chi connectivity index (χ2v) is 15.9. The molecule has 0 radical (unpaired) electrons. The second kappa shape index (κ2) is 11.8. The molecule has 0 bridgehead atoms. The minimum absolute atomic E-state index is 0.0184. The number of hydrogen-bond donors (Lipinski definition) is 1. The first-order valence-electron chi connectivity index (χ1n) is 15.2. The van der Waals surface area contributed by atoms with E-state index in [4.69, 9.17) is 4.74 Å². The van der Waals surface area contributed by atoms with Gasteiger partial charge in [0.05, 0.1) is 23.2 Å². The molecule has 2 saturated heterocycles. The maximum Gasteiger partial charge on any atom is 0.311 e. The molecular weight excluding hydrogens is 524 g/mol. The van der Waals surface area contributed by atoms with Crippen molar-refractivity contribution in [2.45, 2.75) is 114 Å². The number of cyclic esters (lactones) is 1. The third-order valence-corrected chi connectivity index (χ3v) is 10.8. The summed E-state index contributed by atoms with van der Waals surface area (Å²) in [6.45, 7) is 14.3. The summed E-state index contributed by atoms with van der Waals surface area (Å²) in [4.78, 5) is 46.6. The molecule has 0 aromatic rings. The van der Waals surface area contributed by atoms with Crippen molar-refractivity contribution in [2.75, 3.05) is 26.3 Å². The molecule has 4 aliphatic rings. The van der Waals surface area contributed by atoms with Crippen LogP contribution in [0.25, 0.3) is 0 Å². The fourth-order valence-electron chi connectivity index (χ4n) is 7.72. The monoisotopic (exact) mass is 574 g/mol. The molecule has 1 unspecified atom stereocenters. The Morgan fingerprint density at radius 1 is 0.975 bits per heavy atom. The van der Waals surface area contributed by atoms with Crippen molar-refractivity contribution in [1.82, 2.24) is 9.80 Å². The van der Waals surface area contributed by atoms with Crippen molar-refractivity contribution in [3.05, 3.63) is 24.3 Å². The minimum atomic E-state index is -0.845. The van der Waals surface area contributed by atoms with E-state index in [1.807, 2.05) is 11.8 Å². The first-order valence-corrected chi connectivity index (χ1v) is 16.0. The summed E-state index contributed by atoms with van der Waals surface area (Å²) in [5.74, 6) is -1.78. The molecule has 2 fully saturated rings. The van der Waals surface area contributed by atoms with Crippen LogP contribution in [0.2, 0.25) is 0 Å². The van der Waals surface area contributed by atoms with Crippen LogP contribution in [0.15, 0.2) is 24.3 Å². The molecule has 40 heavy (non-hydrogen) atoms. The highest BCUT2D eigenvalue weighted by atomic mass is 32.2. The number of amides is 2. The second-order valence-electron chi connectivity index (χ2n) is 14.1. The van der Waals surface area contributed by atoms with Gasteiger partial charge in [0.2, 0.25) is 11.8 Å². The summed E-state index contributed by atoms with van der Waals surface area (Å²) in [5.41, 5.74) is -0.396. The van der Waals surface area contributed by atoms with Crippen molar-refractivity contribution < 1.29 is 24.2 Å². The Bertz CT molecular complexity index is 1030. The van der Waals surface area contributed by atoms with Crippen molar-refractivity contribution >= 4 is 29.5 Å². The molecule has 7 nitrogen and oxygen atoms in total. The van der Waals surface area contributed by atoms with E-state index in [-0.39, 0.29) is 29.8 Å². The number of aliphatic hydroxyl groups is 1. The van der Waals surface area contributed by atoms with Gasteiger partial charge in [-0.2, -0.15) is 0 Å². The minimum Gasteiger partial charge on any atom is -0.465 e. The molecule has 0 aromatic heterocycles. The Morgan fingerprint density at radius 2 is 1.70 bits per heavy atom. The lowest BCUT2D eigenvalue weighted by Gasteiger charge is -2.44. The van der Waals surface area contributed by atoms with E-state index in [1.54, 1.807) is 16.7 Å². The topological polar surface area (TPSA) is 87.2 Å². The van der Waals surface area contributed by atoms with Gasteiger partial charge in [0.15, 0.2) is 0 Å². The molecule has 5 atom stereocenters. The van der Waals surface area contributed by atoms with Crippen LogP contribution in [0.1, 0.15) is 92.9 Å². The summed E-state index contributed by atoms with van der Waals surface area (Å²) in [5, 5.41) is 9.20. The lowest BCUT2D eigenvalue weighted by Crippen LogP contribution is -2.58.